The molecule has 6 heteroatoms. The molecule has 2 atom stereocenters. The largest absolute Gasteiger partial charge is 0.419 e. The van der Waals surface area contributed by atoms with Gasteiger partial charge in [0, 0.05) is 31.3 Å². The van der Waals surface area contributed by atoms with Crippen LogP contribution >= 0.6 is 0 Å². The predicted molar refractivity (Wildman–Crippen MR) is 80.0 cm³/mol. The minimum Gasteiger partial charge on any atom is -0.408 e. The van der Waals surface area contributed by atoms with Crippen molar-refractivity contribution in [1.29, 1.82) is 0 Å². The van der Waals surface area contributed by atoms with E-state index in [1.165, 1.54) is 4.57 Å². The summed E-state index contributed by atoms with van der Waals surface area (Å²) in [4.78, 5) is 23.5. The third kappa shape index (κ3) is 2.71. The third-order valence-electron chi connectivity index (χ3n) is 4.24. The summed E-state index contributed by atoms with van der Waals surface area (Å²) >= 11 is 0. The van der Waals surface area contributed by atoms with Crippen LogP contribution in [-0.4, -0.2) is 16.5 Å². The third-order valence-corrected chi connectivity index (χ3v) is 4.24. The molecule has 1 fully saturated rings. The van der Waals surface area contributed by atoms with Gasteiger partial charge >= 0.3 is 5.76 Å². The fourth-order valence-corrected chi connectivity index (χ4v) is 2.98. The standard InChI is InChI=1S/C15H19N3O3/c1-18-12-6-5-10(8-13(12)21-15(18)20)17-14(19)7-9-3-2-4-11(9)16/h5-6,8-9,11H,2-4,7,16H2,1H3,(H,17,19)/t9-,11+/m0/s1. The fourth-order valence-electron chi connectivity index (χ4n) is 2.98. The zero-order chi connectivity index (χ0) is 15.0. The van der Waals surface area contributed by atoms with E-state index >= 15 is 0 Å². The van der Waals surface area contributed by atoms with Crippen LogP contribution in [0.25, 0.3) is 11.1 Å². The Morgan fingerprint density at radius 1 is 1.48 bits per heavy atom. The Balaban J connectivity index is 1.72. The van der Waals surface area contributed by atoms with E-state index in [1.54, 1.807) is 25.2 Å². The second-order valence-corrected chi connectivity index (χ2v) is 5.72. The van der Waals surface area contributed by atoms with E-state index in [1.807, 2.05) is 0 Å². The first-order valence-electron chi connectivity index (χ1n) is 7.19. The summed E-state index contributed by atoms with van der Waals surface area (Å²) in [5, 5.41) is 2.84. The van der Waals surface area contributed by atoms with E-state index in [0.29, 0.717) is 23.2 Å². The molecule has 1 aliphatic rings. The maximum atomic E-state index is 12.1. The zero-order valence-electron chi connectivity index (χ0n) is 12.0. The van der Waals surface area contributed by atoms with Crippen molar-refractivity contribution in [2.24, 2.45) is 18.7 Å². The molecule has 1 aromatic heterocycles. The van der Waals surface area contributed by atoms with Gasteiger partial charge in [0.2, 0.25) is 5.91 Å². The van der Waals surface area contributed by atoms with Crippen LogP contribution < -0.4 is 16.8 Å². The van der Waals surface area contributed by atoms with Crippen LogP contribution in [-0.2, 0) is 11.8 Å². The van der Waals surface area contributed by atoms with Gasteiger partial charge in [0.1, 0.15) is 0 Å². The highest BCUT2D eigenvalue weighted by Crippen LogP contribution is 2.27. The monoisotopic (exact) mass is 289 g/mol. The van der Waals surface area contributed by atoms with Crippen molar-refractivity contribution in [2.75, 3.05) is 5.32 Å². The van der Waals surface area contributed by atoms with E-state index in [-0.39, 0.29) is 17.9 Å². The van der Waals surface area contributed by atoms with Crippen LogP contribution in [0.5, 0.6) is 0 Å². The quantitative estimate of drug-likeness (QED) is 0.897. The number of oxazole rings is 1. The lowest BCUT2D eigenvalue weighted by molar-refractivity contribution is -0.117. The molecule has 6 nitrogen and oxygen atoms in total. The van der Waals surface area contributed by atoms with Crippen LogP contribution in [0.2, 0.25) is 0 Å². The van der Waals surface area contributed by atoms with Crippen LogP contribution in [0.4, 0.5) is 5.69 Å². The van der Waals surface area contributed by atoms with Gasteiger partial charge < -0.3 is 15.5 Å². The Morgan fingerprint density at radius 3 is 3.00 bits per heavy atom. The molecule has 21 heavy (non-hydrogen) atoms. The number of carbonyl (C=O) groups is 1. The minimum absolute atomic E-state index is 0.0463. The lowest BCUT2D eigenvalue weighted by atomic mass is 10.00. The number of carbonyl (C=O) groups excluding carboxylic acids is 1. The number of rotatable bonds is 3. The first-order valence-corrected chi connectivity index (χ1v) is 7.19. The van der Waals surface area contributed by atoms with Crippen molar-refractivity contribution < 1.29 is 9.21 Å². The van der Waals surface area contributed by atoms with E-state index in [9.17, 15) is 9.59 Å². The molecular formula is C15H19N3O3. The summed E-state index contributed by atoms with van der Waals surface area (Å²) in [6.07, 6.45) is 3.55. The molecule has 1 aromatic carbocycles. The molecule has 2 aromatic rings. The van der Waals surface area contributed by atoms with Gasteiger partial charge in [0.15, 0.2) is 5.58 Å². The van der Waals surface area contributed by atoms with Gasteiger partial charge in [-0.3, -0.25) is 9.36 Å². The average molecular weight is 289 g/mol. The topological polar surface area (TPSA) is 90.3 Å². The summed E-state index contributed by atoms with van der Waals surface area (Å²) in [5.41, 5.74) is 7.79. The normalized spacial score (nSPS) is 21.8. The van der Waals surface area contributed by atoms with Gasteiger partial charge in [0.25, 0.3) is 0 Å². The number of amides is 1. The summed E-state index contributed by atoms with van der Waals surface area (Å²) in [7, 11) is 1.65. The molecule has 3 rings (SSSR count). The molecule has 1 saturated carbocycles. The molecule has 1 aliphatic carbocycles. The number of nitrogens with two attached hydrogens (primary N) is 1. The van der Waals surface area contributed by atoms with Crippen molar-refractivity contribution in [3.8, 4) is 0 Å². The highest BCUT2D eigenvalue weighted by molar-refractivity contribution is 5.92. The zero-order valence-corrected chi connectivity index (χ0v) is 12.0. The molecule has 0 spiro atoms. The Kier molecular flexibility index (Phi) is 3.55. The van der Waals surface area contributed by atoms with Gasteiger partial charge in [-0.2, -0.15) is 0 Å². The Bertz CT molecular complexity index is 731. The van der Waals surface area contributed by atoms with Gasteiger partial charge in [-0.1, -0.05) is 6.42 Å². The summed E-state index contributed by atoms with van der Waals surface area (Å²) in [6.45, 7) is 0. The Labute approximate surface area is 121 Å². The summed E-state index contributed by atoms with van der Waals surface area (Å²) < 4.78 is 6.54. The molecule has 1 amide bonds. The maximum absolute atomic E-state index is 12.1. The van der Waals surface area contributed by atoms with Crippen molar-refractivity contribution >= 4 is 22.7 Å². The molecule has 0 bridgehead atoms. The number of aryl methyl sites for hydroxylation is 1. The number of benzene rings is 1. The summed E-state index contributed by atoms with van der Waals surface area (Å²) in [5.74, 6) is -0.191. The van der Waals surface area contributed by atoms with Crippen molar-refractivity contribution in [3.05, 3.63) is 28.7 Å². The van der Waals surface area contributed by atoms with Crippen LogP contribution in [0.3, 0.4) is 0 Å². The highest BCUT2D eigenvalue weighted by atomic mass is 16.4. The maximum Gasteiger partial charge on any atom is 0.419 e. The molecule has 0 aliphatic heterocycles. The van der Waals surface area contributed by atoms with Crippen LogP contribution in [0.15, 0.2) is 27.4 Å². The summed E-state index contributed by atoms with van der Waals surface area (Å²) in [6, 6.07) is 5.33. The van der Waals surface area contributed by atoms with Crippen molar-refractivity contribution in [1.82, 2.24) is 4.57 Å². The van der Waals surface area contributed by atoms with Gasteiger partial charge in [0.05, 0.1) is 5.52 Å². The van der Waals surface area contributed by atoms with Gasteiger partial charge in [-0.15, -0.1) is 0 Å². The molecule has 0 radical (unpaired) electrons. The second-order valence-electron chi connectivity index (χ2n) is 5.72. The fraction of sp³-hybridized carbons (Fsp3) is 0.467. The van der Waals surface area contributed by atoms with Crippen LogP contribution in [0, 0.1) is 5.92 Å². The Hall–Kier alpha value is -2.08. The number of fused-ring (bicyclic) bond motifs is 1. The number of nitrogens with one attached hydrogen (secondary N) is 1. The molecule has 112 valence electrons. The van der Waals surface area contributed by atoms with E-state index in [4.69, 9.17) is 10.2 Å². The Morgan fingerprint density at radius 2 is 2.29 bits per heavy atom. The van der Waals surface area contributed by atoms with Gasteiger partial charge in [-0.05, 0) is 30.9 Å². The number of nitrogens with zero attached hydrogens (tertiary/aromatic N) is 1. The molecule has 3 N–H and O–H groups in total. The smallest absolute Gasteiger partial charge is 0.408 e. The lowest BCUT2D eigenvalue weighted by Crippen LogP contribution is -2.28. The van der Waals surface area contributed by atoms with Crippen LogP contribution in [0.1, 0.15) is 25.7 Å². The predicted octanol–water partition coefficient (Wildman–Crippen LogP) is 1.59. The SMILES string of the molecule is Cn1c(=O)oc2cc(NC(=O)C[C@@H]3CCC[C@H]3N)ccc21. The molecular weight excluding hydrogens is 270 g/mol. The minimum atomic E-state index is -0.412. The molecule has 1 heterocycles. The molecule has 0 saturated heterocycles. The number of hydrogen-bond acceptors (Lipinski definition) is 4. The van der Waals surface area contributed by atoms with E-state index in [2.05, 4.69) is 5.32 Å². The molecule has 0 unspecified atom stereocenters. The first kappa shape index (κ1) is 13.9. The number of aromatic nitrogens is 1. The second kappa shape index (κ2) is 5.37. The first-order chi connectivity index (χ1) is 10.0. The van der Waals surface area contributed by atoms with Gasteiger partial charge in [-0.25, -0.2) is 4.79 Å². The number of hydrogen-bond donors (Lipinski definition) is 2. The van der Waals surface area contributed by atoms with E-state index < -0.39 is 5.76 Å². The van der Waals surface area contributed by atoms with E-state index in [0.717, 1.165) is 19.3 Å². The average Bonchev–Trinajstić information content (AvgIpc) is 2.95. The van der Waals surface area contributed by atoms with Crippen molar-refractivity contribution in [2.45, 2.75) is 31.7 Å². The lowest BCUT2D eigenvalue weighted by Gasteiger charge is -2.14. The van der Waals surface area contributed by atoms with Crippen molar-refractivity contribution in [3.63, 3.8) is 0 Å². The highest BCUT2D eigenvalue weighted by Gasteiger charge is 2.26. The number of anilines is 1.